The third kappa shape index (κ3) is 5.74. The summed E-state index contributed by atoms with van der Waals surface area (Å²) in [6.07, 6.45) is 2.05. The van der Waals surface area contributed by atoms with E-state index in [1.807, 2.05) is 30.3 Å². The molecule has 10 heteroatoms. The fourth-order valence-electron chi connectivity index (χ4n) is 5.28. The Morgan fingerprint density at radius 3 is 2.30 bits per heavy atom. The Bertz CT molecular complexity index is 1460. The van der Waals surface area contributed by atoms with E-state index < -0.39 is 30.3 Å². The Hall–Kier alpha value is -4.50. The number of hydrogen-bond acceptors (Lipinski definition) is 6. The quantitative estimate of drug-likeness (QED) is 0.267. The first-order chi connectivity index (χ1) is 19.3. The highest BCUT2D eigenvalue weighted by Crippen LogP contribution is 2.45. The van der Waals surface area contributed by atoms with Crippen LogP contribution in [0.15, 0.2) is 78.9 Å². The largest absolute Gasteiger partial charge is 0.452 e. The molecule has 2 N–H and O–H groups in total. The van der Waals surface area contributed by atoms with E-state index in [2.05, 4.69) is 10.9 Å². The monoisotopic (exact) mass is 559 g/mol. The van der Waals surface area contributed by atoms with Gasteiger partial charge >= 0.3 is 5.97 Å². The van der Waals surface area contributed by atoms with Crippen LogP contribution in [0, 0.1) is 11.8 Å². The third-order valence-corrected chi connectivity index (χ3v) is 7.54. The molecule has 3 aromatic carbocycles. The van der Waals surface area contributed by atoms with Crippen molar-refractivity contribution < 1.29 is 28.7 Å². The summed E-state index contributed by atoms with van der Waals surface area (Å²) in [4.78, 5) is 64.6. The number of carbonyl (C=O) groups is 5. The number of halogens is 1. The summed E-state index contributed by atoms with van der Waals surface area (Å²) in [6.45, 7) is -0.656. The van der Waals surface area contributed by atoms with Gasteiger partial charge in [-0.1, -0.05) is 48.0 Å². The van der Waals surface area contributed by atoms with Crippen LogP contribution in [0.5, 0.6) is 0 Å². The predicted octanol–water partition coefficient (Wildman–Crippen LogP) is 4.03. The lowest BCUT2D eigenvalue weighted by atomic mass is 9.73. The van der Waals surface area contributed by atoms with Gasteiger partial charge in [0.05, 0.1) is 23.1 Å². The van der Waals surface area contributed by atoms with Gasteiger partial charge in [-0.3, -0.25) is 34.9 Å². The molecule has 0 radical (unpaired) electrons. The molecule has 1 aliphatic heterocycles. The average molecular weight is 560 g/mol. The summed E-state index contributed by atoms with van der Waals surface area (Å²) in [5.74, 6) is -3.25. The van der Waals surface area contributed by atoms with Crippen molar-refractivity contribution in [1.29, 1.82) is 0 Å². The number of fused-ring (bicyclic) bond motifs is 1. The van der Waals surface area contributed by atoms with Gasteiger partial charge in [-0.15, -0.1) is 0 Å². The van der Waals surface area contributed by atoms with Crippen LogP contribution >= 0.6 is 11.6 Å². The summed E-state index contributed by atoms with van der Waals surface area (Å²) >= 11 is 5.80. The number of nitrogens with zero attached hydrogens (tertiary/aromatic N) is 1. The summed E-state index contributed by atoms with van der Waals surface area (Å²) in [5, 5.41) is 0.463. The Kier molecular flexibility index (Phi) is 7.93. The van der Waals surface area contributed by atoms with Gasteiger partial charge in [-0.05, 0) is 73.2 Å². The zero-order valence-corrected chi connectivity index (χ0v) is 22.1. The molecule has 0 unspecified atom stereocenters. The first-order valence-corrected chi connectivity index (χ1v) is 13.2. The van der Waals surface area contributed by atoms with Crippen molar-refractivity contribution >= 4 is 46.9 Å². The minimum atomic E-state index is -0.818. The summed E-state index contributed by atoms with van der Waals surface area (Å²) in [7, 11) is 0. The van der Waals surface area contributed by atoms with E-state index in [0.717, 1.165) is 12.0 Å². The number of rotatable bonds is 6. The summed E-state index contributed by atoms with van der Waals surface area (Å²) in [5.41, 5.74) is 6.19. The Labute approximate surface area is 235 Å². The number of esters is 1. The highest BCUT2D eigenvalue weighted by Gasteiger charge is 2.50. The topological polar surface area (TPSA) is 122 Å². The molecule has 9 nitrogen and oxygen atoms in total. The van der Waals surface area contributed by atoms with Crippen molar-refractivity contribution in [2.75, 3.05) is 11.5 Å². The van der Waals surface area contributed by atoms with E-state index in [-0.39, 0.29) is 40.5 Å². The number of carbonyl (C=O) groups excluding carboxylic acids is 5. The predicted molar refractivity (Wildman–Crippen MR) is 146 cm³/mol. The Morgan fingerprint density at radius 2 is 1.55 bits per heavy atom. The maximum absolute atomic E-state index is 13.4. The van der Waals surface area contributed by atoms with E-state index in [1.54, 1.807) is 12.1 Å². The van der Waals surface area contributed by atoms with Gasteiger partial charge < -0.3 is 4.74 Å². The summed E-state index contributed by atoms with van der Waals surface area (Å²) < 4.78 is 5.06. The average Bonchev–Trinajstić information content (AvgIpc) is 3.24. The molecule has 204 valence electrons. The molecule has 3 atom stereocenters. The number of hydrazine groups is 1. The van der Waals surface area contributed by atoms with E-state index in [9.17, 15) is 24.0 Å². The van der Waals surface area contributed by atoms with Crippen molar-refractivity contribution in [2.45, 2.75) is 25.2 Å². The molecule has 0 bridgehead atoms. The standard InChI is InChI=1S/C30H26ClN3O6/c31-22-12-9-19(10-13-22)27(36)33-32-26(35)17-40-30(39)21-7-4-8-23(15-21)34-28(37)24-14-11-20(16-25(24)29(34)38)18-5-2-1-3-6-18/h1-10,12-13,15,20,24-25H,11,14,16-17H2,(H,32,35)(H,33,36)/t20-,24+,25+/m0/s1. The zero-order chi connectivity index (χ0) is 28.2. The fraction of sp³-hybridized carbons (Fsp3) is 0.233. The number of amides is 4. The highest BCUT2D eigenvalue weighted by atomic mass is 35.5. The van der Waals surface area contributed by atoms with Gasteiger partial charge in [-0.25, -0.2) is 4.79 Å². The molecule has 4 amide bonds. The summed E-state index contributed by atoms with van der Waals surface area (Å²) in [6, 6.07) is 22.1. The first-order valence-electron chi connectivity index (χ1n) is 12.9. The van der Waals surface area contributed by atoms with Gasteiger partial charge in [-0.2, -0.15) is 0 Å². The molecule has 0 spiro atoms. The maximum Gasteiger partial charge on any atom is 0.338 e. The Morgan fingerprint density at radius 1 is 0.825 bits per heavy atom. The van der Waals surface area contributed by atoms with Crippen LogP contribution < -0.4 is 15.8 Å². The van der Waals surface area contributed by atoms with Crippen LogP contribution in [0.25, 0.3) is 0 Å². The molecular formula is C30H26ClN3O6. The number of hydrogen-bond donors (Lipinski definition) is 2. The smallest absolute Gasteiger partial charge is 0.338 e. The number of ether oxygens (including phenoxy) is 1. The number of imide groups is 1. The molecular weight excluding hydrogens is 534 g/mol. The van der Waals surface area contributed by atoms with Gasteiger partial charge in [0.2, 0.25) is 11.8 Å². The first kappa shape index (κ1) is 27.1. The van der Waals surface area contributed by atoms with E-state index >= 15 is 0 Å². The second kappa shape index (κ2) is 11.7. The minimum absolute atomic E-state index is 0.0770. The van der Waals surface area contributed by atoms with Gasteiger partial charge in [0.15, 0.2) is 6.61 Å². The molecule has 2 fully saturated rings. The van der Waals surface area contributed by atoms with Crippen molar-refractivity contribution in [2.24, 2.45) is 11.8 Å². The third-order valence-electron chi connectivity index (χ3n) is 7.29. The number of benzene rings is 3. The van der Waals surface area contributed by atoms with Crippen LogP contribution in [0.1, 0.15) is 51.5 Å². The van der Waals surface area contributed by atoms with Gasteiger partial charge in [0.25, 0.3) is 11.8 Å². The van der Waals surface area contributed by atoms with E-state index in [1.165, 1.54) is 41.3 Å². The SMILES string of the molecule is O=C(COC(=O)c1cccc(N2C(=O)[C@@H]3CC[C@H](c4ccccc4)C[C@H]3C2=O)c1)NNC(=O)c1ccc(Cl)cc1. The second-order valence-electron chi connectivity index (χ2n) is 9.78. The molecule has 1 aliphatic carbocycles. The molecule has 3 aromatic rings. The minimum Gasteiger partial charge on any atom is -0.452 e. The highest BCUT2D eigenvalue weighted by molar-refractivity contribution is 6.30. The van der Waals surface area contributed by atoms with Crippen molar-refractivity contribution in [3.8, 4) is 0 Å². The second-order valence-corrected chi connectivity index (χ2v) is 10.2. The Balaban J connectivity index is 1.18. The molecule has 2 aliphatic rings. The van der Waals surface area contributed by atoms with E-state index in [4.69, 9.17) is 16.3 Å². The van der Waals surface area contributed by atoms with Crippen LogP contribution in [-0.2, 0) is 19.1 Å². The molecule has 0 aromatic heterocycles. The van der Waals surface area contributed by atoms with Crippen LogP contribution in [-0.4, -0.2) is 36.2 Å². The van der Waals surface area contributed by atoms with E-state index in [0.29, 0.717) is 17.9 Å². The molecule has 1 saturated carbocycles. The molecule has 40 heavy (non-hydrogen) atoms. The lowest BCUT2D eigenvalue weighted by Crippen LogP contribution is -2.43. The van der Waals surface area contributed by atoms with Crippen LogP contribution in [0.3, 0.4) is 0 Å². The van der Waals surface area contributed by atoms with Crippen molar-refractivity contribution in [1.82, 2.24) is 10.9 Å². The molecule has 1 saturated heterocycles. The lowest BCUT2D eigenvalue weighted by molar-refractivity contribution is -0.125. The van der Waals surface area contributed by atoms with Gasteiger partial charge in [0.1, 0.15) is 0 Å². The molecule has 1 heterocycles. The zero-order valence-electron chi connectivity index (χ0n) is 21.3. The fourth-order valence-corrected chi connectivity index (χ4v) is 5.41. The van der Waals surface area contributed by atoms with Crippen molar-refractivity contribution in [3.05, 3.63) is 101 Å². The van der Waals surface area contributed by atoms with Crippen molar-refractivity contribution in [3.63, 3.8) is 0 Å². The number of nitrogens with one attached hydrogen (secondary N) is 2. The molecule has 5 rings (SSSR count). The van der Waals surface area contributed by atoms with Crippen LogP contribution in [0.2, 0.25) is 5.02 Å². The van der Waals surface area contributed by atoms with Gasteiger partial charge in [0, 0.05) is 10.6 Å². The normalized spacial score (nSPS) is 20.0. The van der Waals surface area contributed by atoms with Crippen LogP contribution in [0.4, 0.5) is 5.69 Å². The maximum atomic E-state index is 13.4. The number of anilines is 1. The lowest BCUT2D eigenvalue weighted by Gasteiger charge is -2.28.